The summed E-state index contributed by atoms with van der Waals surface area (Å²) in [4.78, 5) is 0. The zero-order valence-corrected chi connectivity index (χ0v) is 19.0. The molecular weight excluding hydrogens is 304 g/mol. The second kappa shape index (κ2) is 13.2. The van der Waals surface area contributed by atoms with Gasteiger partial charge in [-0.2, -0.15) is 0 Å². The first-order valence-electron chi connectivity index (χ1n) is 11.4. The van der Waals surface area contributed by atoms with E-state index < -0.39 is 0 Å². The van der Waals surface area contributed by atoms with Gasteiger partial charge in [0, 0.05) is 0 Å². The maximum atomic E-state index is 6.71. The Morgan fingerprint density at radius 2 is 0.880 bits per heavy atom. The van der Waals surface area contributed by atoms with Crippen molar-refractivity contribution in [1.82, 2.24) is 0 Å². The Morgan fingerprint density at radius 3 is 1.20 bits per heavy atom. The fraction of sp³-hybridized carbons (Fsp3) is 1.00. The molecule has 0 amide bonds. The van der Waals surface area contributed by atoms with E-state index in [9.17, 15) is 0 Å². The molecule has 2 unspecified atom stereocenters. The van der Waals surface area contributed by atoms with Crippen molar-refractivity contribution >= 4 is 0 Å². The zero-order valence-electron chi connectivity index (χ0n) is 19.0. The number of rotatable bonds is 16. The van der Waals surface area contributed by atoms with Gasteiger partial charge < -0.3 is 4.74 Å². The summed E-state index contributed by atoms with van der Waals surface area (Å²) in [6.45, 7) is 18.5. The molecule has 0 saturated heterocycles. The lowest BCUT2D eigenvalue weighted by molar-refractivity contribution is -0.169. The number of unbranched alkanes of at least 4 members (excludes halogenated alkanes) is 8. The monoisotopic (exact) mass is 354 g/mol. The van der Waals surface area contributed by atoms with E-state index in [0.29, 0.717) is 11.8 Å². The summed E-state index contributed by atoms with van der Waals surface area (Å²) in [5.41, 5.74) is -0.0740. The van der Waals surface area contributed by atoms with Gasteiger partial charge >= 0.3 is 0 Å². The maximum Gasteiger partial charge on any atom is 0.0659 e. The topological polar surface area (TPSA) is 9.23 Å². The van der Waals surface area contributed by atoms with Crippen molar-refractivity contribution in [3.8, 4) is 0 Å². The fourth-order valence-corrected chi connectivity index (χ4v) is 3.68. The first-order valence-corrected chi connectivity index (χ1v) is 11.4. The predicted molar refractivity (Wildman–Crippen MR) is 114 cm³/mol. The van der Waals surface area contributed by atoms with Crippen molar-refractivity contribution in [2.24, 2.45) is 11.8 Å². The van der Waals surface area contributed by atoms with Crippen LogP contribution in [0.2, 0.25) is 0 Å². The molecule has 0 bridgehead atoms. The van der Waals surface area contributed by atoms with Gasteiger partial charge in [0.2, 0.25) is 0 Å². The smallest absolute Gasteiger partial charge is 0.0659 e. The van der Waals surface area contributed by atoms with Crippen LogP contribution in [-0.2, 0) is 4.74 Å². The third kappa shape index (κ3) is 11.3. The number of hydrogen-bond acceptors (Lipinski definition) is 1. The van der Waals surface area contributed by atoms with Gasteiger partial charge in [0.05, 0.1) is 11.2 Å². The Kier molecular flexibility index (Phi) is 13.2. The molecule has 0 aromatic heterocycles. The van der Waals surface area contributed by atoms with E-state index in [0.717, 1.165) is 0 Å². The highest BCUT2D eigenvalue weighted by Gasteiger charge is 2.36. The zero-order chi connectivity index (χ0) is 19.3. The van der Waals surface area contributed by atoms with E-state index in [1.807, 2.05) is 0 Å². The molecular formula is C24H50O. The van der Waals surface area contributed by atoms with Crippen LogP contribution in [0, 0.1) is 11.8 Å². The quantitative estimate of drug-likeness (QED) is 0.252. The first-order chi connectivity index (χ1) is 11.7. The van der Waals surface area contributed by atoms with Crippen LogP contribution < -0.4 is 0 Å². The van der Waals surface area contributed by atoms with Crippen LogP contribution in [0.25, 0.3) is 0 Å². The van der Waals surface area contributed by atoms with Gasteiger partial charge in [-0.05, 0) is 52.4 Å². The highest BCUT2D eigenvalue weighted by atomic mass is 16.5. The van der Waals surface area contributed by atoms with Gasteiger partial charge in [-0.15, -0.1) is 0 Å². The van der Waals surface area contributed by atoms with Crippen LogP contribution in [-0.4, -0.2) is 11.2 Å². The van der Waals surface area contributed by atoms with Crippen LogP contribution in [0.5, 0.6) is 0 Å². The molecule has 152 valence electrons. The largest absolute Gasteiger partial charge is 0.369 e. The summed E-state index contributed by atoms with van der Waals surface area (Å²) >= 11 is 0. The van der Waals surface area contributed by atoms with Crippen molar-refractivity contribution in [2.45, 2.75) is 144 Å². The Hall–Kier alpha value is -0.0400. The molecule has 0 radical (unpaired) electrons. The van der Waals surface area contributed by atoms with Gasteiger partial charge in [0.1, 0.15) is 0 Å². The SMILES string of the molecule is CCCCCCCC(C)C(C)(C)OC(C)(C)C(C)CCCCCCC. The number of hydrogen-bond donors (Lipinski definition) is 0. The van der Waals surface area contributed by atoms with Crippen LogP contribution in [0.4, 0.5) is 0 Å². The lowest BCUT2D eigenvalue weighted by Gasteiger charge is -2.43. The number of ether oxygens (including phenoxy) is 1. The molecule has 0 aliphatic rings. The van der Waals surface area contributed by atoms with Gasteiger partial charge in [0.25, 0.3) is 0 Å². The maximum absolute atomic E-state index is 6.71. The van der Waals surface area contributed by atoms with Crippen LogP contribution in [0.1, 0.15) is 132 Å². The van der Waals surface area contributed by atoms with E-state index >= 15 is 0 Å². The summed E-state index contributed by atoms with van der Waals surface area (Å²) in [6.07, 6.45) is 16.3. The Labute approximate surface area is 160 Å². The minimum absolute atomic E-state index is 0.0370. The molecule has 0 aliphatic heterocycles. The summed E-state index contributed by atoms with van der Waals surface area (Å²) in [7, 11) is 0. The molecule has 1 nitrogen and oxygen atoms in total. The van der Waals surface area contributed by atoms with E-state index in [1.165, 1.54) is 77.0 Å². The van der Waals surface area contributed by atoms with Gasteiger partial charge in [-0.3, -0.25) is 0 Å². The molecule has 25 heavy (non-hydrogen) atoms. The predicted octanol–water partition coefficient (Wildman–Crippen LogP) is 8.55. The molecule has 0 rings (SSSR count). The average Bonchev–Trinajstić information content (AvgIpc) is 2.53. The normalized spacial score (nSPS) is 15.4. The molecule has 0 aliphatic carbocycles. The average molecular weight is 355 g/mol. The molecule has 0 N–H and O–H groups in total. The Morgan fingerprint density at radius 1 is 0.560 bits per heavy atom. The van der Waals surface area contributed by atoms with Gasteiger partial charge in [0.15, 0.2) is 0 Å². The van der Waals surface area contributed by atoms with Gasteiger partial charge in [-0.25, -0.2) is 0 Å². The van der Waals surface area contributed by atoms with Crippen molar-refractivity contribution in [3.05, 3.63) is 0 Å². The molecule has 1 heteroatoms. The molecule has 0 heterocycles. The second-order valence-electron chi connectivity index (χ2n) is 9.52. The minimum Gasteiger partial charge on any atom is -0.369 e. The molecule has 2 atom stereocenters. The van der Waals surface area contributed by atoms with E-state index in [1.54, 1.807) is 0 Å². The minimum atomic E-state index is -0.0370. The molecule has 0 fully saturated rings. The Bertz CT molecular complexity index is 275. The van der Waals surface area contributed by atoms with Crippen molar-refractivity contribution in [3.63, 3.8) is 0 Å². The molecule has 0 aromatic rings. The first kappa shape index (κ1) is 25.0. The standard InChI is InChI=1S/C24H50O/c1-9-11-13-15-17-19-21(3)23(5,6)25-24(7,8)22(4)20-18-16-14-12-10-2/h21-22H,9-20H2,1-8H3. The third-order valence-corrected chi connectivity index (χ3v) is 6.38. The van der Waals surface area contributed by atoms with Crippen molar-refractivity contribution in [1.29, 1.82) is 0 Å². The van der Waals surface area contributed by atoms with Crippen molar-refractivity contribution in [2.75, 3.05) is 0 Å². The fourth-order valence-electron chi connectivity index (χ4n) is 3.68. The van der Waals surface area contributed by atoms with Crippen LogP contribution in [0.3, 0.4) is 0 Å². The molecule has 0 aromatic carbocycles. The van der Waals surface area contributed by atoms with Crippen LogP contribution >= 0.6 is 0 Å². The highest BCUT2D eigenvalue weighted by Crippen LogP contribution is 2.35. The third-order valence-electron chi connectivity index (χ3n) is 6.38. The molecule has 0 spiro atoms. The molecule has 0 saturated carbocycles. The lowest BCUT2D eigenvalue weighted by atomic mass is 9.83. The van der Waals surface area contributed by atoms with E-state index in [4.69, 9.17) is 4.74 Å². The Balaban J connectivity index is 4.27. The van der Waals surface area contributed by atoms with Crippen LogP contribution in [0.15, 0.2) is 0 Å². The summed E-state index contributed by atoms with van der Waals surface area (Å²) in [5.74, 6) is 1.23. The van der Waals surface area contributed by atoms with Gasteiger partial charge in [-0.1, -0.05) is 91.9 Å². The second-order valence-corrected chi connectivity index (χ2v) is 9.52. The lowest BCUT2D eigenvalue weighted by Crippen LogP contribution is -2.45. The summed E-state index contributed by atoms with van der Waals surface area (Å²) in [5, 5.41) is 0. The highest BCUT2D eigenvalue weighted by molar-refractivity contribution is 4.84. The summed E-state index contributed by atoms with van der Waals surface area (Å²) < 4.78 is 6.71. The van der Waals surface area contributed by atoms with E-state index in [-0.39, 0.29) is 11.2 Å². The summed E-state index contributed by atoms with van der Waals surface area (Å²) in [6, 6.07) is 0. The van der Waals surface area contributed by atoms with Crippen molar-refractivity contribution < 1.29 is 4.74 Å². The van der Waals surface area contributed by atoms with E-state index in [2.05, 4.69) is 55.4 Å².